The molecule has 0 spiro atoms. The van der Waals surface area contributed by atoms with Crippen molar-refractivity contribution in [3.05, 3.63) is 65.7 Å². The van der Waals surface area contributed by atoms with Crippen molar-refractivity contribution in [2.24, 2.45) is 0 Å². The Kier molecular flexibility index (Phi) is 6.68. The van der Waals surface area contributed by atoms with Gasteiger partial charge in [0.05, 0.1) is 11.4 Å². The van der Waals surface area contributed by atoms with E-state index in [1.54, 1.807) is 0 Å². The van der Waals surface area contributed by atoms with Crippen LogP contribution in [-0.2, 0) is 15.8 Å². The van der Waals surface area contributed by atoms with E-state index in [1.165, 1.54) is 4.31 Å². The van der Waals surface area contributed by atoms with Crippen molar-refractivity contribution in [2.75, 3.05) is 16.2 Å². The Morgan fingerprint density at radius 2 is 1.65 bits per heavy atom. The van der Waals surface area contributed by atoms with Gasteiger partial charge in [-0.05, 0) is 24.1 Å². The molecule has 0 aliphatic carbocycles. The van der Waals surface area contributed by atoms with Gasteiger partial charge >= 0.3 is 0 Å². The van der Waals surface area contributed by atoms with Crippen molar-refractivity contribution >= 4 is 47.6 Å². The molecule has 0 aliphatic rings. The van der Waals surface area contributed by atoms with Crippen LogP contribution in [0.25, 0.3) is 0 Å². The summed E-state index contributed by atoms with van der Waals surface area (Å²) in [5.74, 6) is -0.00974. The fourth-order valence-corrected chi connectivity index (χ4v) is 4.66. The van der Waals surface area contributed by atoms with Crippen molar-refractivity contribution in [2.45, 2.75) is 17.5 Å². The molecule has 0 saturated heterocycles. The first kappa shape index (κ1) is 18.5. The molecule has 0 bridgehead atoms. The Morgan fingerprint density at radius 1 is 1.04 bits per heavy atom. The smallest absolute Gasteiger partial charge is 0.239 e. The van der Waals surface area contributed by atoms with Gasteiger partial charge in [0.1, 0.15) is 0 Å². The molecule has 1 atom stereocenters. The monoisotopic (exact) mass is 459 g/mol. The number of halogens is 2. The molecule has 2 rings (SSSR count). The summed E-state index contributed by atoms with van der Waals surface area (Å²) in [4.78, 5) is 0.0349. The Hall–Kier alpha value is -0.850. The molecule has 0 aliphatic heterocycles. The summed E-state index contributed by atoms with van der Waals surface area (Å²) in [6.45, 7) is 2.31. The van der Waals surface area contributed by atoms with Gasteiger partial charge in [-0.2, -0.15) is 0 Å². The fourth-order valence-electron chi connectivity index (χ4n) is 2.30. The van der Waals surface area contributed by atoms with Crippen molar-refractivity contribution in [3.8, 4) is 0 Å². The lowest BCUT2D eigenvalue weighted by Crippen LogP contribution is -2.37. The van der Waals surface area contributed by atoms with Crippen LogP contribution >= 0.6 is 31.9 Å². The number of benzene rings is 2. The molecule has 0 radical (unpaired) electrons. The first-order chi connectivity index (χ1) is 10.9. The molecular weight excluding hydrogens is 442 g/mol. The number of hydrogen-bond donors (Lipinski definition) is 0. The number of alkyl halides is 2. The largest absolute Gasteiger partial charge is 0.269 e. The van der Waals surface area contributed by atoms with Gasteiger partial charge in [0.25, 0.3) is 0 Å². The lowest BCUT2D eigenvalue weighted by atomic mass is 10.2. The van der Waals surface area contributed by atoms with Gasteiger partial charge in [-0.25, -0.2) is 8.42 Å². The van der Waals surface area contributed by atoms with Crippen LogP contribution in [0.4, 0.5) is 5.69 Å². The third kappa shape index (κ3) is 5.06. The molecule has 0 saturated carbocycles. The van der Waals surface area contributed by atoms with Gasteiger partial charge in [-0.15, -0.1) is 0 Å². The third-order valence-electron chi connectivity index (χ3n) is 3.44. The van der Waals surface area contributed by atoms with Gasteiger partial charge in [-0.3, -0.25) is 4.31 Å². The summed E-state index contributed by atoms with van der Waals surface area (Å²) in [5.41, 5.74) is 2.46. The maximum Gasteiger partial charge on any atom is 0.239 e. The molecule has 0 N–H and O–H groups in total. The van der Waals surface area contributed by atoms with E-state index >= 15 is 0 Å². The summed E-state index contributed by atoms with van der Waals surface area (Å²) < 4.78 is 27.5. The van der Waals surface area contributed by atoms with Gasteiger partial charge in [0, 0.05) is 16.7 Å². The minimum Gasteiger partial charge on any atom is -0.269 e. The van der Waals surface area contributed by atoms with E-state index in [0.717, 1.165) is 16.8 Å². The summed E-state index contributed by atoms with van der Waals surface area (Å²) >= 11 is 6.92. The number of rotatable bonds is 7. The molecule has 0 amide bonds. The molecular formula is C17H19Br2NO2S. The summed E-state index contributed by atoms with van der Waals surface area (Å²) in [6.07, 6.45) is 0. The van der Waals surface area contributed by atoms with Crippen LogP contribution in [0, 0.1) is 6.92 Å². The molecule has 124 valence electrons. The highest BCUT2D eigenvalue weighted by molar-refractivity contribution is 9.12. The molecule has 0 fully saturated rings. The van der Waals surface area contributed by atoms with Crippen LogP contribution in [0.1, 0.15) is 11.1 Å². The van der Waals surface area contributed by atoms with E-state index in [2.05, 4.69) is 31.9 Å². The molecule has 3 nitrogen and oxygen atoms in total. The second-order valence-electron chi connectivity index (χ2n) is 5.31. The normalized spacial score (nSPS) is 12.8. The predicted octanol–water partition coefficient (Wildman–Crippen LogP) is 4.49. The minimum atomic E-state index is -3.47. The number of anilines is 1. The van der Waals surface area contributed by atoms with Crippen molar-refractivity contribution in [3.63, 3.8) is 0 Å². The molecule has 6 heteroatoms. The number of aryl methyl sites for hydroxylation is 1. The van der Waals surface area contributed by atoms with Gasteiger partial charge < -0.3 is 0 Å². The number of sulfonamides is 1. The second kappa shape index (κ2) is 8.31. The molecule has 2 aromatic carbocycles. The van der Waals surface area contributed by atoms with Crippen LogP contribution in [0.2, 0.25) is 0 Å². The lowest BCUT2D eigenvalue weighted by Gasteiger charge is -2.27. The molecule has 0 aromatic heterocycles. The highest BCUT2D eigenvalue weighted by atomic mass is 79.9. The lowest BCUT2D eigenvalue weighted by molar-refractivity contribution is 0.590. The molecule has 23 heavy (non-hydrogen) atoms. The zero-order valence-corrected chi connectivity index (χ0v) is 16.8. The zero-order valence-electron chi connectivity index (χ0n) is 12.8. The first-order valence-corrected chi connectivity index (χ1v) is 10.9. The zero-order chi connectivity index (χ0) is 16.9. The summed E-state index contributed by atoms with van der Waals surface area (Å²) in [7, 11) is -3.47. The first-order valence-electron chi connectivity index (χ1n) is 7.24. The SMILES string of the molecule is Cc1ccccc1N(CC(Br)CBr)S(=O)(=O)Cc1ccccc1. The van der Waals surface area contributed by atoms with E-state index < -0.39 is 10.0 Å². The van der Waals surface area contributed by atoms with Crippen molar-refractivity contribution in [1.82, 2.24) is 0 Å². The van der Waals surface area contributed by atoms with E-state index in [1.807, 2.05) is 61.5 Å². The molecule has 0 heterocycles. The number of hydrogen-bond acceptors (Lipinski definition) is 2. The minimum absolute atomic E-state index is 0.00974. The van der Waals surface area contributed by atoms with E-state index in [0.29, 0.717) is 11.9 Å². The van der Waals surface area contributed by atoms with Gasteiger partial charge in [-0.1, -0.05) is 80.4 Å². The average molecular weight is 461 g/mol. The summed E-state index contributed by atoms with van der Waals surface area (Å²) in [5, 5.41) is 0.677. The highest BCUT2D eigenvalue weighted by Crippen LogP contribution is 2.26. The average Bonchev–Trinajstić information content (AvgIpc) is 2.53. The standard InChI is InChI=1S/C17H19Br2NO2S/c1-14-7-5-6-10-17(14)20(12-16(19)11-18)23(21,22)13-15-8-3-2-4-9-15/h2-10,16H,11-13H2,1H3. The summed E-state index contributed by atoms with van der Waals surface area (Å²) in [6, 6.07) is 16.8. The Bertz CT molecular complexity index is 735. The van der Waals surface area contributed by atoms with Crippen LogP contribution < -0.4 is 4.31 Å². The van der Waals surface area contributed by atoms with Crippen LogP contribution in [-0.4, -0.2) is 25.1 Å². The van der Waals surface area contributed by atoms with Crippen LogP contribution in [0.3, 0.4) is 0 Å². The third-order valence-corrected chi connectivity index (χ3v) is 7.42. The van der Waals surface area contributed by atoms with Gasteiger partial charge in [0.15, 0.2) is 0 Å². The quantitative estimate of drug-likeness (QED) is 0.570. The second-order valence-corrected chi connectivity index (χ2v) is 9.15. The van der Waals surface area contributed by atoms with Crippen LogP contribution in [0.15, 0.2) is 54.6 Å². The van der Waals surface area contributed by atoms with Crippen LogP contribution in [0.5, 0.6) is 0 Å². The van der Waals surface area contributed by atoms with E-state index in [4.69, 9.17) is 0 Å². The predicted molar refractivity (Wildman–Crippen MR) is 104 cm³/mol. The Labute approximate surface area is 155 Å². The van der Waals surface area contributed by atoms with Gasteiger partial charge in [0.2, 0.25) is 10.0 Å². The molecule has 2 aromatic rings. The van der Waals surface area contributed by atoms with E-state index in [-0.39, 0.29) is 10.6 Å². The topological polar surface area (TPSA) is 37.4 Å². The maximum absolute atomic E-state index is 13.0. The maximum atomic E-state index is 13.0. The Morgan fingerprint density at radius 3 is 2.26 bits per heavy atom. The molecule has 1 unspecified atom stereocenters. The number of para-hydroxylation sites is 1. The number of nitrogens with zero attached hydrogens (tertiary/aromatic N) is 1. The highest BCUT2D eigenvalue weighted by Gasteiger charge is 2.26. The fraction of sp³-hybridized carbons (Fsp3) is 0.294. The van der Waals surface area contributed by atoms with Crippen molar-refractivity contribution < 1.29 is 8.42 Å². The van der Waals surface area contributed by atoms with E-state index in [9.17, 15) is 8.42 Å². The Balaban J connectivity index is 2.38. The van der Waals surface area contributed by atoms with Crippen molar-refractivity contribution in [1.29, 1.82) is 0 Å².